The number of alkyl halides is 3. The molecular formula is C9H15F3N2O2. The van der Waals surface area contributed by atoms with Gasteiger partial charge < -0.3 is 14.9 Å². The van der Waals surface area contributed by atoms with E-state index in [-0.39, 0.29) is 13.0 Å². The van der Waals surface area contributed by atoms with Gasteiger partial charge in [-0.25, -0.2) is 0 Å². The fourth-order valence-electron chi connectivity index (χ4n) is 1.90. The highest BCUT2D eigenvalue weighted by molar-refractivity contribution is 5.82. The van der Waals surface area contributed by atoms with Crippen LogP contribution in [0.2, 0.25) is 0 Å². The molecule has 0 aromatic heterocycles. The first-order valence-corrected chi connectivity index (χ1v) is 4.92. The van der Waals surface area contributed by atoms with Gasteiger partial charge in [0.15, 0.2) is 0 Å². The topological polar surface area (TPSA) is 43.8 Å². The summed E-state index contributed by atoms with van der Waals surface area (Å²) in [6, 6.07) is -0.570. The number of aliphatic hydroxyl groups excluding tert-OH is 1. The average Bonchev–Trinajstić information content (AvgIpc) is 2.42. The summed E-state index contributed by atoms with van der Waals surface area (Å²) in [6.45, 7) is 0.0791. The van der Waals surface area contributed by atoms with Crippen molar-refractivity contribution in [3.05, 3.63) is 0 Å². The maximum atomic E-state index is 12.3. The number of nitrogens with zero attached hydrogens (tertiary/aromatic N) is 2. The summed E-state index contributed by atoms with van der Waals surface area (Å²) in [7, 11) is 3.42. The monoisotopic (exact) mass is 240 g/mol. The molecule has 4 nitrogen and oxygen atoms in total. The molecule has 0 bridgehead atoms. The number of likely N-dealkylation sites (N-methyl/N-ethyl adjacent to an activating group) is 1. The van der Waals surface area contributed by atoms with Gasteiger partial charge in [-0.15, -0.1) is 0 Å². The van der Waals surface area contributed by atoms with Crippen molar-refractivity contribution in [1.29, 1.82) is 0 Å². The van der Waals surface area contributed by atoms with Crippen LogP contribution in [0.15, 0.2) is 0 Å². The number of β-amino-alcohol motifs (C(OH)–C–C–N with tert-alkyl or cyclic N) is 1. The Bertz CT molecular complexity index is 268. The second kappa shape index (κ2) is 4.58. The van der Waals surface area contributed by atoms with E-state index in [1.807, 2.05) is 0 Å². The van der Waals surface area contributed by atoms with Gasteiger partial charge in [0, 0.05) is 19.1 Å². The molecule has 0 aliphatic carbocycles. The quantitative estimate of drug-likeness (QED) is 0.743. The van der Waals surface area contributed by atoms with E-state index in [2.05, 4.69) is 0 Å². The summed E-state index contributed by atoms with van der Waals surface area (Å²) in [5, 5.41) is 9.32. The van der Waals surface area contributed by atoms with Gasteiger partial charge in [0.05, 0.1) is 6.10 Å². The van der Waals surface area contributed by atoms with Gasteiger partial charge in [-0.1, -0.05) is 0 Å². The van der Waals surface area contributed by atoms with Crippen molar-refractivity contribution in [2.24, 2.45) is 0 Å². The van der Waals surface area contributed by atoms with Gasteiger partial charge in [-0.05, 0) is 20.5 Å². The molecule has 0 aromatic carbocycles. The predicted octanol–water partition coefficient (Wildman–Crippen LogP) is 0.0721. The number of carbonyl (C=O) groups excluding carboxylic acids is 1. The normalized spacial score (nSPS) is 26.6. The second-order valence-corrected chi connectivity index (χ2v) is 4.26. The first-order chi connectivity index (χ1) is 7.21. The van der Waals surface area contributed by atoms with Crippen LogP contribution in [-0.4, -0.2) is 66.3 Å². The molecule has 0 saturated carbocycles. The molecule has 94 valence electrons. The van der Waals surface area contributed by atoms with Gasteiger partial charge in [-0.2, -0.15) is 13.2 Å². The van der Waals surface area contributed by atoms with Crippen LogP contribution in [0.1, 0.15) is 6.42 Å². The lowest BCUT2D eigenvalue weighted by molar-refractivity contribution is -0.186. The van der Waals surface area contributed by atoms with Gasteiger partial charge in [0.1, 0.15) is 0 Å². The highest BCUT2D eigenvalue weighted by atomic mass is 19.4. The molecule has 1 aliphatic rings. The first kappa shape index (κ1) is 13.2. The number of hydrogen-bond donors (Lipinski definition) is 1. The third kappa shape index (κ3) is 3.08. The Morgan fingerprint density at radius 1 is 1.50 bits per heavy atom. The van der Waals surface area contributed by atoms with Crippen LogP contribution in [0.25, 0.3) is 0 Å². The Balaban J connectivity index is 2.73. The van der Waals surface area contributed by atoms with Gasteiger partial charge in [0.25, 0.3) is 0 Å². The minimum absolute atomic E-state index is 0.194. The average molecular weight is 240 g/mol. The number of halogens is 3. The molecule has 1 saturated heterocycles. The Kier molecular flexibility index (Phi) is 3.80. The zero-order valence-corrected chi connectivity index (χ0v) is 9.16. The molecule has 0 aromatic rings. The molecule has 0 spiro atoms. The summed E-state index contributed by atoms with van der Waals surface area (Å²) in [6.07, 6.45) is -5.54. The van der Waals surface area contributed by atoms with Crippen LogP contribution in [0.3, 0.4) is 0 Å². The highest BCUT2D eigenvalue weighted by Gasteiger charge is 2.47. The molecule has 1 fully saturated rings. The fourth-order valence-corrected chi connectivity index (χ4v) is 1.90. The minimum Gasteiger partial charge on any atom is -0.391 e. The minimum atomic E-state index is -4.87. The number of hydrogen-bond acceptors (Lipinski definition) is 3. The van der Waals surface area contributed by atoms with E-state index in [1.165, 1.54) is 0 Å². The van der Waals surface area contributed by atoms with Crippen LogP contribution in [0.4, 0.5) is 13.2 Å². The lowest BCUT2D eigenvalue weighted by Crippen LogP contribution is -2.47. The van der Waals surface area contributed by atoms with Crippen molar-refractivity contribution in [3.8, 4) is 0 Å². The SMILES string of the molecule is CN(C)CC1CC(O)CN1C(=O)C(F)(F)F. The van der Waals surface area contributed by atoms with Crippen molar-refractivity contribution in [3.63, 3.8) is 0 Å². The lowest BCUT2D eigenvalue weighted by atomic mass is 10.2. The zero-order valence-electron chi connectivity index (χ0n) is 9.16. The summed E-state index contributed by atoms with van der Waals surface area (Å²) >= 11 is 0. The summed E-state index contributed by atoms with van der Waals surface area (Å²) in [4.78, 5) is 13.5. The Hall–Kier alpha value is -0.820. The van der Waals surface area contributed by atoms with Crippen LogP contribution in [0, 0.1) is 0 Å². The lowest BCUT2D eigenvalue weighted by Gasteiger charge is -2.27. The number of likely N-dealkylation sites (tertiary alicyclic amines) is 1. The van der Waals surface area contributed by atoms with Gasteiger partial charge in [0.2, 0.25) is 0 Å². The molecule has 1 rings (SSSR count). The van der Waals surface area contributed by atoms with E-state index in [1.54, 1.807) is 19.0 Å². The third-order valence-corrected chi connectivity index (χ3v) is 2.47. The number of rotatable bonds is 2. The standard InChI is InChI=1S/C9H15F3N2O2/c1-13(2)4-6-3-7(15)5-14(6)8(16)9(10,11)12/h6-7,15H,3-5H2,1-2H3. The Morgan fingerprint density at radius 3 is 2.50 bits per heavy atom. The Morgan fingerprint density at radius 2 is 2.06 bits per heavy atom. The maximum Gasteiger partial charge on any atom is 0.471 e. The van der Waals surface area contributed by atoms with E-state index in [9.17, 15) is 23.1 Å². The molecule has 7 heteroatoms. The summed E-state index contributed by atoms with van der Waals surface area (Å²) in [5.74, 6) is -1.86. The van der Waals surface area contributed by atoms with E-state index < -0.39 is 24.2 Å². The van der Waals surface area contributed by atoms with Crippen molar-refractivity contribution >= 4 is 5.91 Å². The molecule has 1 amide bonds. The van der Waals surface area contributed by atoms with E-state index in [0.29, 0.717) is 11.4 Å². The van der Waals surface area contributed by atoms with Crippen molar-refractivity contribution in [2.75, 3.05) is 27.2 Å². The third-order valence-electron chi connectivity index (χ3n) is 2.47. The number of amides is 1. The molecule has 0 radical (unpaired) electrons. The van der Waals surface area contributed by atoms with Crippen molar-refractivity contribution in [1.82, 2.24) is 9.80 Å². The van der Waals surface area contributed by atoms with Crippen LogP contribution < -0.4 is 0 Å². The summed E-state index contributed by atoms with van der Waals surface area (Å²) < 4.78 is 36.8. The van der Waals surface area contributed by atoms with Gasteiger partial charge in [-0.3, -0.25) is 4.79 Å². The van der Waals surface area contributed by atoms with Crippen LogP contribution in [-0.2, 0) is 4.79 Å². The van der Waals surface area contributed by atoms with Crippen molar-refractivity contribution < 1.29 is 23.1 Å². The van der Waals surface area contributed by atoms with Crippen LogP contribution in [0.5, 0.6) is 0 Å². The first-order valence-electron chi connectivity index (χ1n) is 4.92. The number of carbonyl (C=O) groups is 1. The molecular weight excluding hydrogens is 225 g/mol. The zero-order chi connectivity index (χ0) is 12.5. The molecule has 1 heterocycles. The largest absolute Gasteiger partial charge is 0.471 e. The molecule has 1 aliphatic heterocycles. The molecule has 1 N–H and O–H groups in total. The van der Waals surface area contributed by atoms with E-state index in [4.69, 9.17) is 0 Å². The highest BCUT2D eigenvalue weighted by Crippen LogP contribution is 2.26. The van der Waals surface area contributed by atoms with E-state index >= 15 is 0 Å². The smallest absolute Gasteiger partial charge is 0.391 e. The summed E-state index contributed by atoms with van der Waals surface area (Å²) in [5.41, 5.74) is 0. The predicted molar refractivity (Wildman–Crippen MR) is 50.7 cm³/mol. The van der Waals surface area contributed by atoms with Crippen LogP contribution >= 0.6 is 0 Å². The molecule has 2 unspecified atom stereocenters. The number of aliphatic hydroxyl groups is 1. The van der Waals surface area contributed by atoms with Crippen molar-refractivity contribution in [2.45, 2.75) is 24.7 Å². The Labute approximate surface area is 91.6 Å². The van der Waals surface area contributed by atoms with E-state index in [0.717, 1.165) is 0 Å². The molecule has 2 atom stereocenters. The fraction of sp³-hybridized carbons (Fsp3) is 0.889. The maximum absolute atomic E-state index is 12.3. The second-order valence-electron chi connectivity index (χ2n) is 4.26. The van der Waals surface area contributed by atoms with Gasteiger partial charge >= 0.3 is 12.1 Å². The molecule has 16 heavy (non-hydrogen) atoms.